The van der Waals surface area contributed by atoms with Gasteiger partial charge < -0.3 is 9.15 Å². The van der Waals surface area contributed by atoms with Gasteiger partial charge in [0.25, 0.3) is 5.91 Å². The Balaban J connectivity index is 1.74. The van der Waals surface area contributed by atoms with Gasteiger partial charge in [-0.3, -0.25) is 14.9 Å². The molecule has 1 aromatic carbocycles. The first-order valence-corrected chi connectivity index (χ1v) is 9.06. The van der Waals surface area contributed by atoms with Gasteiger partial charge in [-0.25, -0.2) is 9.78 Å². The molecule has 1 N–H and O–H groups in total. The van der Waals surface area contributed by atoms with Crippen LogP contribution < -0.4 is 15.7 Å². The maximum Gasteiger partial charge on any atom is 0.336 e. The van der Waals surface area contributed by atoms with Crippen molar-refractivity contribution >= 4 is 39.1 Å². The molecule has 2 heterocycles. The molecule has 8 heteroatoms. The number of ether oxygens (including phenoxy) is 1. The van der Waals surface area contributed by atoms with Crippen molar-refractivity contribution in [3.63, 3.8) is 0 Å². The Morgan fingerprint density at radius 2 is 2.00 bits per heavy atom. The van der Waals surface area contributed by atoms with Crippen molar-refractivity contribution in [2.45, 2.75) is 33.8 Å². The van der Waals surface area contributed by atoms with E-state index in [4.69, 9.17) is 9.15 Å². The second-order valence-corrected chi connectivity index (χ2v) is 7.14. The van der Waals surface area contributed by atoms with Crippen LogP contribution in [0.1, 0.15) is 34.8 Å². The van der Waals surface area contributed by atoms with Crippen LogP contribution >= 0.6 is 11.3 Å². The van der Waals surface area contributed by atoms with E-state index in [2.05, 4.69) is 10.3 Å². The van der Waals surface area contributed by atoms with Gasteiger partial charge in [-0.1, -0.05) is 11.3 Å². The summed E-state index contributed by atoms with van der Waals surface area (Å²) in [5.41, 5.74) is 1.34. The number of carbonyl (C=O) groups excluding carboxylic acids is 2. The Hall–Kier alpha value is -3.00. The van der Waals surface area contributed by atoms with E-state index in [0.29, 0.717) is 27.0 Å². The fourth-order valence-electron chi connectivity index (χ4n) is 2.62. The number of anilines is 1. The van der Waals surface area contributed by atoms with Crippen molar-refractivity contribution in [2.75, 3.05) is 5.32 Å². The standard InChI is InChI=1S/C19H18N2O5S/c1-9-7-16(23)26-15-8-13(5-6-14(9)15)25-12(4)18(24)21-19-20-10(2)17(27-19)11(3)22/h5-8,12H,1-4H3,(H,20,21,24)/t12-/m0/s1. The number of hydrogen-bond donors (Lipinski definition) is 1. The van der Waals surface area contributed by atoms with Gasteiger partial charge in [-0.15, -0.1) is 0 Å². The lowest BCUT2D eigenvalue weighted by molar-refractivity contribution is -0.122. The molecule has 140 valence electrons. The summed E-state index contributed by atoms with van der Waals surface area (Å²) in [4.78, 5) is 40.1. The number of aryl methyl sites for hydroxylation is 2. The number of nitrogens with one attached hydrogen (secondary N) is 1. The SMILES string of the molecule is CC(=O)c1sc(NC(=O)[C@H](C)Oc2ccc3c(C)cc(=O)oc3c2)nc1C. The lowest BCUT2D eigenvalue weighted by atomic mass is 10.1. The Morgan fingerprint density at radius 3 is 2.67 bits per heavy atom. The van der Waals surface area contributed by atoms with Crippen LogP contribution in [0, 0.1) is 13.8 Å². The molecular formula is C19H18N2O5S. The molecule has 0 aliphatic carbocycles. The van der Waals surface area contributed by atoms with E-state index in [1.807, 2.05) is 6.92 Å². The minimum atomic E-state index is -0.816. The van der Waals surface area contributed by atoms with Crippen LogP contribution in [0.15, 0.2) is 33.5 Å². The lowest BCUT2D eigenvalue weighted by Gasteiger charge is -2.14. The summed E-state index contributed by atoms with van der Waals surface area (Å²) in [5.74, 6) is -0.0916. The van der Waals surface area contributed by atoms with Gasteiger partial charge in [0.05, 0.1) is 10.6 Å². The first-order valence-electron chi connectivity index (χ1n) is 8.25. The third-order valence-electron chi connectivity index (χ3n) is 3.95. The normalized spacial score (nSPS) is 12.0. The van der Waals surface area contributed by atoms with Gasteiger partial charge in [-0.2, -0.15) is 0 Å². The molecule has 3 rings (SSSR count). The number of benzene rings is 1. The van der Waals surface area contributed by atoms with Crippen molar-refractivity contribution < 1.29 is 18.7 Å². The summed E-state index contributed by atoms with van der Waals surface area (Å²) in [7, 11) is 0. The molecule has 7 nitrogen and oxygen atoms in total. The summed E-state index contributed by atoms with van der Waals surface area (Å²) >= 11 is 1.13. The second-order valence-electron chi connectivity index (χ2n) is 6.15. The fourth-order valence-corrected chi connectivity index (χ4v) is 3.48. The number of rotatable bonds is 5. The largest absolute Gasteiger partial charge is 0.481 e. The van der Waals surface area contributed by atoms with Gasteiger partial charge in [0, 0.05) is 24.4 Å². The van der Waals surface area contributed by atoms with E-state index in [0.717, 1.165) is 22.3 Å². The highest BCUT2D eigenvalue weighted by Crippen LogP contribution is 2.25. The number of hydrogen-bond acceptors (Lipinski definition) is 7. The molecule has 0 saturated heterocycles. The van der Waals surface area contributed by atoms with Crippen LogP contribution in [0.3, 0.4) is 0 Å². The zero-order valence-electron chi connectivity index (χ0n) is 15.3. The average Bonchev–Trinajstić information content (AvgIpc) is 2.94. The van der Waals surface area contributed by atoms with Crippen molar-refractivity contribution in [3.05, 3.63) is 50.8 Å². The molecule has 2 aromatic heterocycles. The number of nitrogens with zero attached hydrogens (tertiary/aromatic N) is 1. The predicted molar refractivity (Wildman–Crippen MR) is 103 cm³/mol. The van der Waals surface area contributed by atoms with Gasteiger partial charge in [0.1, 0.15) is 11.3 Å². The number of amides is 1. The maximum atomic E-state index is 12.4. The average molecular weight is 386 g/mol. The smallest absolute Gasteiger partial charge is 0.336 e. The summed E-state index contributed by atoms with van der Waals surface area (Å²) in [6.07, 6.45) is -0.816. The number of ketones is 1. The van der Waals surface area contributed by atoms with Gasteiger partial charge >= 0.3 is 5.63 Å². The van der Waals surface area contributed by atoms with E-state index in [-0.39, 0.29) is 5.78 Å². The molecule has 0 aliphatic heterocycles. The fraction of sp³-hybridized carbons (Fsp3) is 0.263. The van der Waals surface area contributed by atoms with E-state index in [1.54, 1.807) is 32.0 Å². The summed E-state index contributed by atoms with van der Waals surface area (Å²) < 4.78 is 10.8. The van der Waals surface area contributed by atoms with Crippen molar-refractivity contribution in [1.82, 2.24) is 4.98 Å². The molecule has 0 aliphatic rings. The molecule has 0 fully saturated rings. The molecule has 1 amide bonds. The van der Waals surface area contributed by atoms with Crippen LogP contribution in [0.4, 0.5) is 5.13 Å². The van der Waals surface area contributed by atoms with E-state index >= 15 is 0 Å². The number of fused-ring (bicyclic) bond motifs is 1. The van der Waals surface area contributed by atoms with Crippen LogP contribution in [0.2, 0.25) is 0 Å². The van der Waals surface area contributed by atoms with Crippen molar-refractivity contribution in [3.8, 4) is 5.75 Å². The van der Waals surface area contributed by atoms with Crippen LogP contribution in [-0.4, -0.2) is 22.8 Å². The van der Waals surface area contributed by atoms with E-state index in [1.165, 1.54) is 13.0 Å². The van der Waals surface area contributed by atoms with Crippen LogP contribution in [-0.2, 0) is 4.79 Å². The van der Waals surface area contributed by atoms with Crippen molar-refractivity contribution in [2.24, 2.45) is 0 Å². The minimum Gasteiger partial charge on any atom is -0.481 e. The first kappa shape index (κ1) is 18.8. The van der Waals surface area contributed by atoms with E-state index < -0.39 is 17.6 Å². The minimum absolute atomic E-state index is 0.0947. The quantitative estimate of drug-likeness (QED) is 0.532. The molecule has 0 saturated carbocycles. The number of Topliss-reactive ketones (excluding diaryl/α,β-unsaturated/α-hetero) is 1. The monoisotopic (exact) mass is 386 g/mol. The molecule has 0 unspecified atom stereocenters. The van der Waals surface area contributed by atoms with Gasteiger partial charge in [-0.05, 0) is 38.5 Å². The van der Waals surface area contributed by atoms with Gasteiger partial charge in [0.15, 0.2) is 17.0 Å². The second kappa shape index (κ2) is 7.32. The Bertz CT molecular complexity index is 1100. The molecule has 0 radical (unpaired) electrons. The summed E-state index contributed by atoms with van der Waals surface area (Å²) in [5, 5.41) is 3.80. The highest BCUT2D eigenvalue weighted by atomic mass is 32.1. The van der Waals surface area contributed by atoms with Gasteiger partial charge in [0.2, 0.25) is 0 Å². The third-order valence-corrected chi connectivity index (χ3v) is 5.13. The Morgan fingerprint density at radius 1 is 1.26 bits per heavy atom. The first-order chi connectivity index (χ1) is 12.7. The summed E-state index contributed by atoms with van der Waals surface area (Å²) in [6, 6.07) is 6.48. The lowest BCUT2D eigenvalue weighted by Crippen LogP contribution is -2.30. The van der Waals surface area contributed by atoms with Crippen LogP contribution in [0.25, 0.3) is 11.0 Å². The van der Waals surface area contributed by atoms with Crippen molar-refractivity contribution in [1.29, 1.82) is 0 Å². The Kier molecular flexibility index (Phi) is 5.09. The molecule has 27 heavy (non-hydrogen) atoms. The topological polar surface area (TPSA) is 98.5 Å². The molecule has 0 bridgehead atoms. The molecular weight excluding hydrogens is 368 g/mol. The molecule has 3 aromatic rings. The zero-order valence-corrected chi connectivity index (χ0v) is 16.1. The predicted octanol–water partition coefficient (Wildman–Crippen LogP) is 3.47. The van der Waals surface area contributed by atoms with Crippen LogP contribution in [0.5, 0.6) is 5.75 Å². The highest BCUT2D eigenvalue weighted by Gasteiger charge is 2.19. The molecule has 1 atom stereocenters. The third kappa shape index (κ3) is 4.06. The summed E-state index contributed by atoms with van der Waals surface area (Å²) in [6.45, 7) is 6.59. The zero-order chi connectivity index (χ0) is 19.7. The molecule has 0 spiro atoms. The number of carbonyl (C=O) groups is 2. The highest BCUT2D eigenvalue weighted by molar-refractivity contribution is 7.17. The van der Waals surface area contributed by atoms with E-state index in [9.17, 15) is 14.4 Å². The Labute approximate surface area is 159 Å². The number of thiazole rings is 1. The number of aromatic nitrogens is 1. The maximum absolute atomic E-state index is 12.4.